The summed E-state index contributed by atoms with van der Waals surface area (Å²) in [5.41, 5.74) is 7.76. The molecule has 5 aromatic carbocycles. The lowest BCUT2D eigenvalue weighted by Gasteiger charge is -2.12. The van der Waals surface area contributed by atoms with Crippen molar-refractivity contribution in [2.45, 2.75) is 0 Å². The molecule has 0 atom stereocenters. The van der Waals surface area contributed by atoms with Crippen LogP contribution in [-0.4, -0.2) is 15.0 Å². The van der Waals surface area contributed by atoms with Crippen LogP contribution in [0, 0.1) is 11.3 Å². The van der Waals surface area contributed by atoms with E-state index in [4.69, 9.17) is 20.2 Å². The number of hydrogen-bond acceptors (Lipinski definition) is 4. The first-order chi connectivity index (χ1) is 18.8. The summed E-state index contributed by atoms with van der Waals surface area (Å²) < 4.78 is 0. The summed E-state index contributed by atoms with van der Waals surface area (Å²) >= 11 is 0. The Morgan fingerprint density at radius 3 is 1.32 bits per heavy atom. The molecule has 38 heavy (non-hydrogen) atoms. The van der Waals surface area contributed by atoms with Gasteiger partial charge < -0.3 is 0 Å². The van der Waals surface area contributed by atoms with Crippen LogP contribution < -0.4 is 0 Å². The fourth-order valence-corrected chi connectivity index (χ4v) is 4.44. The van der Waals surface area contributed by atoms with Crippen LogP contribution in [0.1, 0.15) is 5.56 Å². The summed E-state index contributed by atoms with van der Waals surface area (Å²) in [6, 6.07) is 46.4. The van der Waals surface area contributed by atoms with Crippen LogP contribution in [0.2, 0.25) is 0 Å². The molecule has 1 heterocycles. The van der Waals surface area contributed by atoms with E-state index >= 15 is 0 Å². The molecule has 0 N–H and O–H groups in total. The fraction of sp³-hybridized carbons (Fsp3) is 0. The number of rotatable bonds is 5. The summed E-state index contributed by atoms with van der Waals surface area (Å²) in [5, 5.41) is 9.08. The number of nitrogens with zero attached hydrogens (tertiary/aromatic N) is 4. The van der Waals surface area contributed by atoms with Gasteiger partial charge in [-0.2, -0.15) is 5.26 Å². The van der Waals surface area contributed by atoms with Crippen molar-refractivity contribution in [2.75, 3.05) is 0 Å². The van der Waals surface area contributed by atoms with Gasteiger partial charge in [-0.25, -0.2) is 15.0 Å². The smallest absolute Gasteiger partial charge is 0.164 e. The standard InChI is InChI=1S/C34H22N4/c35-23-24-15-17-25(18-16-24)26-19-21-27(22-20-26)30-13-7-8-14-31(30)34-37-32(28-9-3-1-4-10-28)36-33(38-34)29-11-5-2-6-12-29/h1-22H. The zero-order chi connectivity index (χ0) is 25.7. The topological polar surface area (TPSA) is 62.5 Å². The summed E-state index contributed by atoms with van der Waals surface area (Å²) in [4.78, 5) is 14.7. The Bertz CT molecular complexity index is 1680. The Kier molecular flexibility index (Phi) is 6.24. The molecule has 4 nitrogen and oxygen atoms in total. The molecule has 4 heteroatoms. The van der Waals surface area contributed by atoms with Gasteiger partial charge in [-0.05, 0) is 34.4 Å². The van der Waals surface area contributed by atoms with Gasteiger partial charge >= 0.3 is 0 Å². The van der Waals surface area contributed by atoms with Gasteiger partial charge in [0.1, 0.15) is 0 Å². The third kappa shape index (κ3) is 4.69. The van der Waals surface area contributed by atoms with E-state index in [1.54, 1.807) is 0 Å². The summed E-state index contributed by atoms with van der Waals surface area (Å²) in [7, 11) is 0. The molecule has 6 rings (SSSR count). The molecule has 1 aromatic heterocycles. The van der Waals surface area contributed by atoms with E-state index in [1.807, 2.05) is 97.1 Å². The van der Waals surface area contributed by atoms with Gasteiger partial charge in [-0.15, -0.1) is 0 Å². The van der Waals surface area contributed by atoms with Crippen LogP contribution in [0.3, 0.4) is 0 Å². The molecule has 0 aliphatic rings. The second-order valence-corrected chi connectivity index (χ2v) is 8.85. The van der Waals surface area contributed by atoms with E-state index in [-0.39, 0.29) is 0 Å². The number of hydrogen-bond donors (Lipinski definition) is 0. The molecule has 0 bridgehead atoms. The van der Waals surface area contributed by atoms with Crippen LogP contribution in [0.5, 0.6) is 0 Å². The maximum Gasteiger partial charge on any atom is 0.164 e. The average Bonchev–Trinajstić information content (AvgIpc) is 3.02. The first kappa shape index (κ1) is 23.0. The van der Waals surface area contributed by atoms with E-state index in [0.29, 0.717) is 23.0 Å². The van der Waals surface area contributed by atoms with Crippen molar-refractivity contribution >= 4 is 0 Å². The molecule has 178 valence electrons. The Morgan fingerprint density at radius 1 is 0.368 bits per heavy atom. The first-order valence-corrected chi connectivity index (χ1v) is 12.4. The summed E-state index contributed by atoms with van der Waals surface area (Å²) in [5.74, 6) is 1.91. The van der Waals surface area contributed by atoms with Crippen molar-refractivity contribution in [1.29, 1.82) is 5.26 Å². The van der Waals surface area contributed by atoms with E-state index in [1.165, 1.54) is 0 Å². The Labute approximate surface area is 221 Å². The van der Waals surface area contributed by atoms with Crippen LogP contribution in [0.15, 0.2) is 133 Å². The van der Waals surface area contributed by atoms with Crippen molar-refractivity contribution in [3.63, 3.8) is 0 Å². The highest BCUT2D eigenvalue weighted by molar-refractivity contribution is 5.82. The second kappa shape index (κ2) is 10.3. The van der Waals surface area contributed by atoms with Gasteiger partial charge in [0.2, 0.25) is 0 Å². The maximum atomic E-state index is 9.08. The van der Waals surface area contributed by atoms with Gasteiger partial charge in [-0.3, -0.25) is 0 Å². The van der Waals surface area contributed by atoms with Crippen LogP contribution in [0.25, 0.3) is 56.4 Å². The molecular formula is C34H22N4. The van der Waals surface area contributed by atoms with E-state index in [0.717, 1.165) is 38.9 Å². The van der Waals surface area contributed by atoms with Crippen molar-refractivity contribution in [2.24, 2.45) is 0 Å². The Balaban J connectivity index is 1.44. The third-order valence-electron chi connectivity index (χ3n) is 6.41. The minimum atomic E-state index is 0.629. The Morgan fingerprint density at radius 2 is 0.789 bits per heavy atom. The highest BCUT2D eigenvalue weighted by Crippen LogP contribution is 2.33. The minimum absolute atomic E-state index is 0.629. The molecule has 0 spiro atoms. The summed E-state index contributed by atoms with van der Waals surface area (Å²) in [6.45, 7) is 0. The van der Waals surface area contributed by atoms with Gasteiger partial charge in [0, 0.05) is 16.7 Å². The molecule has 0 aliphatic heterocycles. The molecule has 0 aliphatic carbocycles. The predicted molar refractivity (Wildman–Crippen MR) is 152 cm³/mol. The van der Waals surface area contributed by atoms with Crippen molar-refractivity contribution in [3.05, 3.63) is 139 Å². The molecule has 6 aromatic rings. The van der Waals surface area contributed by atoms with E-state index in [2.05, 4.69) is 42.5 Å². The fourth-order valence-electron chi connectivity index (χ4n) is 4.44. The van der Waals surface area contributed by atoms with Crippen molar-refractivity contribution < 1.29 is 0 Å². The largest absolute Gasteiger partial charge is 0.208 e. The predicted octanol–water partition coefficient (Wildman–Crippen LogP) is 8.08. The number of benzene rings is 5. The molecule has 0 unspecified atom stereocenters. The van der Waals surface area contributed by atoms with Gasteiger partial charge in [0.15, 0.2) is 17.5 Å². The molecule has 0 fully saturated rings. The monoisotopic (exact) mass is 486 g/mol. The van der Waals surface area contributed by atoms with Gasteiger partial charge in [-0.1, -0.05) is 121 Å². The number of nitriles is 1. The maximum absolute atomic E-state index is 9.08. The van der Waals surface area contributed by atoms with E-state index < -0.39 is 0 Å². The highest BCUT2D eigenvalue weighted by atomic mass is 15.0. The van der Waals surface area contributed by atoms with Crippen molar-refractivity contribution in [1.82, 2.24) is 15.0 Å². The normalized spacial score (nSPS) is 10.6. The Hall–Kier alpha value is -5.40. The molecule has 0 amide bonds. The molecule has 0 saturated carbocycles. The number of aromatic nitrogens is 3. The molecule has 0 saturated heterocycles. The SMILES string of the molecule is N#Cc1ccc(-c2ccc(-c3ccccc3-c3nc(-c4ccccc4)nc(-c4ccccc4)n3)cc2)cc1. The van der Waals surface area contributed by atoms with Gasteiger partial charge in [0.05, 0.1) is 11.6 Å². The highest BCUT2D eigenvalue weighted by Gasteiger charge is 2.15. The lowest BCUT2D eigenvalue weighted by Crippen LogP contribution is -2.01. The third-order valence-corrected chi connectivity index (χ3v) is 6.41. The average molecular weight is 487 g/mol. The summed E-state index contributed by atoms with van der Waals surface area (Å²) in [6.07, 6.45) is 0. The zero-order valence-corrected chi connectivity index (χ0v) is 20.5. The van der Waals surface area contributed by atoms with Crippen molar-refractivity contribution in [3.8, 4) is 62.5 Å². The molecule has 0 radical (unpaired) electrons. The van der Waals surface area contributed by atoms with E-state index in [9.17, 15) is 0 Å². The van der Waals surface area contributed by atoms with Crippen LogP contribution in [-0.2, 0) is 0 Å². The quantitative estimate of drug-likeness (QED) is 0.247. The first-order valence-electron chi connectivity index (χ1n) is 12.4. The minimum Gasteiger partial charge on any atom is -0.208 e. The zero-order valence-electron chi connectivity index (χ0n) is 20.5. The van der Waals surface area contributed by atoms with Gasteiger partial charge in [0.25, 0.3) is 0 Å². The van der Waals surface area contributed by atoms with Crippen LogP contribution >= 0.6 is 0 Å². The lowest BCUT2D eigenvalue weighted by atomic mass is 9.96. The second-order valence-electron chi connectivity index (χ2n) is 8.85. The lowest BCUT2D eigenvalue weighted by molar-refractivity contribution is 1.07. The van der Waals surface area contributed by atoms with Crippen LogP contribution in [0.4, 0.5) is 0 Å². The molecular weight excluding hydrogens is 464 g/mol.